The van der Waals surface area contributed by atoms with Gasteiger partial charge in [-0.3, -0.25) is 4.79 Å². The van der Waals surface area contributed by atoms with Crippen LogP contribution in [0.15, 0.2) is 29.2 Å². The highest BCUT2D eigenvalue weighted by atomic mass is 35.5. The molecule has 1 aromatic rings. The van der Waals surface area contributed by atoms with Gasteiger partial charge in [0.05, 0.1) is 18.1 Å². The predicted octanol–water partition coefficient (Wildman–Crippen LogP) is 0.827. The number of amides is 1. The molecule has 1 aliphatic rings. The topological polar surface area (TPSA) is 88.2 Å². The van der Waals surface area contributed by atoms with Crippen LogP contribution in [-0.4, -0.2) is 90.2 Å². The highest BCUT2D eigenvalue weighted by Gasteiger charge is 2.25. The molecule has 0 unspecified atom stereocenters. The van der Waals surface area contributed by atoms with Crippen LogP contribution < -0.4 is 5.32 Å². The van der Waals surface area contributed by atoms with Crippen LogP contribution in [0, 0.1) is 0 Å². The molecule has 1 heterocycles. The van der Waals surface area contributed by atoms with Gasteiger partial charge in [-0.05, 0) is 37.2 Å². The lowest BCUT2D eigenvalue weighted by Gasteiger charge is -2.22. The number of carbonyl (C=O) groups excluding carboxylic acids is 1. The molecule has 1 aliphatic heterocycles. The quantitative estimate of drug-likeness (QED) is 0.618. The minimum atomic E-state index is -3.68. The Balaban J connectivity index is 0.00000392. The third-order valence-corrected chi connectivity index (χ3v) is 6.37. The van der Waals surface area contributed by atoms with E-state index in [-0.39, 0.29) is 36.3 Å². The number of nitrogens with zero attached hydrogens (tertiary/aromatic N) is 2. The maximum Gasteiger partial charge on any atom is 0.253 e. The number of hydrogen-bond acceptors (Lipinski definition) is 6. The van der Waals surface area contributed by atoms with Crippen molar-refractivity contribution in [3.8, 4) is 0 Å². The van der Waals surface area contributed by atoms with Gasteiger partial charge in [0.15, 0.2) is 0 Å². The van der Waals surface area contributed by atoms with Crippen LogP contribution in [0.1, 0.15) is 16.8 Å². The minimum Gasteiger partial charge on any atom is -0.383 e. The van der Waals surface area contributed by atoms with Gasteiger partial charge in [0.2, 0.25) is 10.0 Å². The summed E-state index contributed by atoms with van der Waals surface area (Å²) in [6.45, 7) is 4.10. The van der Waals surface area contributed by atoms with E-state index < -0.39 is 10.0 Å². The van der Waals surface area contributed by atoms with E-state index in [1.807, 2.05) is 0 Å². The largest absolute Gasteiger partial charge is 0.383 e. The van der Waals surface area contributed by atoms with Gasteiger partial charge < -0.3 is 19.7 Å². The Kier molecular flexibility index (Phi) is 10.9. The van der Waals surface area contributed by atoms with E-state index in [4.69, 9.17) is 9.47 Å². The molecule has 0 aliphatic carbocycles. The number of nitrogens with one attached hydrogen (secondary N) is 1. The number of carbonyl (C=O) groups is 1. The van der Waals surface area contributed by atoms with Crippen LogP contribution in [0.3, 0.4) is 0 Å². The van der Waals surface area contributed by atoms with E-state index in [9.17, 15) is 13.2 Å². The summed E-state index contributed by atoms with van der Waals surface area (Å²) in [6.07, 6.45) is 0.909. The number of rotatable bonds is 9. The van der Waals surface area contributed by atoms with Crippen molar-refractivity contribution in [1.82, 2.24) is 14.5 Å². The smallest absolute Gasteiger partial charge is 0.253 e. The second kappa shape index (κ2) is 12.4. The molecule has 28 heavy (non-hydrogen) atoms. The second-order valence-corrected chi connectivity index (χ2v) is 8.25. The molecule has 2 rings (SSSR count). The van der Waals surface area contributed by atoms with E-state index >= 15 is 0 Å². The van der Waals surface area contributed by atoms with Crippen molar-refractivity contribution in [2.24, 2.45) is 0 Å². The second-order valence-electron chi connectivity index (χ2n) is 6.31. The highest BCUT2D eigenvalue weighted by molar-refractivity contribution is 7.89. The molecule has 0 radical (unpaired) electrons. The molecule has 0 atom stereocenters. The third-order valence-electron chi connectivity index (χ3n) is 4.46. The van der Waals surface area contributed by atoms with E-state index in [0.717, 1.165) is 19.5 Å². The summed E-state index contributed by atoms with van der Waals surface area (Å²) in [5.41, 5.74) is 0.496. The van der Waals surface area contributed by atoms with Crippen molar-refractivity contribution < 1.29 is 22.7 Å². The van der Waals surface area contributed by atoms with Crippen LogP contribution in [0.25, 0.3) is 0 Å². The lowest BCUT2D eigenvalue weighted by Crippen LogP contribution is -2.36. The summed E-state index contributed by atoms with van der Waals surface area (Å²) in [4.78, 5) is 14.6. The molecule has 1 fully saturated rings. The van der Waals surface area contributed by atoms with Gasteiger partial charge in [-0.15, -0.1) is 12.4 Å². The summed E-state index contributed by atoms with van der Waals surface area (Å²) in [6, 6.07) is 6.15. The summed E-state index contributed by atoms with van der Waals surface area (Å²) >= 11 is 0. The fourth-order valence-electron chi connectivity index (χ4n) is 2.89. The standard InChI is InChI=1S/C18H29N3O5S.ClH/c1-25-14-12-21(13-15-26-2)27(23,24)17-6-4-16(5-7-17)18(22)20-10-3-8-19-9-11-20;/h4-7,19H,3,8-15H2,1-2H3;1H. The van der Waals surface area contributed by atoms with Gasteiger partial charge in [-0.2, -0.15) is 4.31 Å². The van der Waals surface area contributed by atoms with Crippen molar-refractivity contribution in [3.05, 3.63) is 29.8 Å². The Morgan fingerprint density at radius 3 is 2.25 bits per heavy atom. The van der Waals surface area contributed by atoms with Crippen molar-refractivity contribution in [3.63, 3.8) is 0 Å². The van der Waals surface area contributed by atoms with Gasteiger partial charge in [0, 0.05) is 52.5 Å². The van der Waals surface area contributed by atoms with E-state index in [1.165, 1.54) is 30.7 Å². The molecule has 8 nitrogen and oxygen atoms in total. The summed E-state index contributed by atoms with van der Waals surface area (Å²) in [7, 11) is -0.625. The molecular formula is C18H30ClN3O5S. The SMILES string of the molecule is COCCN(CCOC)S(=O)(=O)c1ccc(C(=O)N2CCCNCC2)cc1.Cl. The lowest BCUT2D eigenvalue weighted by atomic mass is 10.2. The van der Waals surface area contributed by atoms with Gasteiger partial charge in [-0.25, -0.2) is 8.42 Å². The fourth-order valence-corrected chi connectivity index (χ4v) is 4.30. The molecule has 1 saturated heterocycles. The molecular weight excluding hydrogens is 406 g/mol. The zero-order valence-electron chi connectivity index (χ0n) is 16.4. The molecule has 0 spiro atoms. The van der Waals surface area contributed by atoms with E-state index in [1.54, 1.807) is 17.0 Å². The number of benzene rings is 1. The molecule has 1 N–H and O–H groups in total. The number of ether oxygens (including phenoxy) is 2. The van der Waals surface area contributed by atoms with Crippen LogP contribution >= 0.6 is 12.4 Å². The number of halogens is 1. The van der Waals surface area contributed by atoms with Crippen LogP contribution in [-0.2, 0) is 19.5 Å². The first kappa shape index (κ1) is 24.8. The van der Waals surface area contributed by atoms with Gasteiger partial charge in [0.25, 0.3) is 5.91 Å². The average molecular weight is 436 g/mol. The normalized spacial score (nSPS) is 15.2. The van der Waals surface area contributed by atoms with Gasteiger partial charge in [-0.1, -0.05) is 0 Å². The molecule has 0 bridgehead atoms. The van der Waals surface area contributed by atoms with Crippen LogP contribution in [0.4, 0.5) is 0 Å². The maximum absolute atomic E-state index is 12.9. The molecule has 1 amide bonds. The van der Waals surface area contributed by atoms with Crippen molar-refractivity contribution in [2.45, 2.75) is 11.3 Å². The van der Waals surface area contributed by atoms with Gasteiger partial charge >= 0.3 is 0 Å². The Morgan fingerprint density at radius 2 is 1.68 bits per heavy atom. The zero-order valence-corrected chi connectivity index (χ0v) is 18.1. The van der Waals surface area contributed by atoms with Crippen molar-refractivity contribution in [1.29, 1.82) is 0 Å². The zero-order chi connectivity index (χ0) is 19.7. The molecule has 1 aromatic carbocycles. The van der Waals surface area contributed by atoms with Crippen LogP contribution in [0.5, 0.6) is 0 Å². The highest BCUT2D eigenvalue weighted by Crippen LogP contribution is 2.17. The molecule has 0 saturated carbocycles. The van der Waals surface area contributed by atoms with Crippen molar-refractivity contribution in [2.75, 3.05) is 66.7 Å². The Morgan fingerprint density at radius 1 is 1.07 bits per heavy atom. The summed E-state index contributed by atoms with van der Waals surface area (Å²) in [5.74, 6) is -0.0710. The van der Waals surface area contributed by atoms with E-state index in [2.05, 4.69) is 5.32 Å². The first-order valence-corrected chi connectivity index (χ1v) is 10.5. The third kappa shape index (κ3) is 6.68. The van der Waals surface area contributed by atoms with Crippen molar-refractivity contribution >= 4 is 28.3 Å². The first-order chi connectivity index (χ1) is 13.0. The van der Waals surface area contributed by atoms with E-state index in [0.29, 0.717) is 31.9 Å². The number of sulfonamides is 1. The molecule has 10 heteroatoms. The lowest BCUT2D eigenvalue weighted by molar-refractivity contribution is 0.0766. The summed E-state index contributed by atoms with van der Waals surface area (Å²) < 4.78 is 37.1. The Hall–Kier alpha value is -1.23. The Labute approximate surface area is 173 Å². The van der Waals surface area contributed by atoms with Crippen LogP contribution in [0.2, 0.25) is 0 Å². The van der Waals surface area contributed by atoms with Gasteiger partial charge in [0.1, 0.15) is 0 Å². The predicted molar refractivity (Wildman–Crippen MR) is 110 cm³/mol. The first-order valence-electron chi connectivity index (χ1n) is 9.08. The average Bonchev–Trinajstić information content (AvgIpc) is 2.97. The molecule has 160 valence electrons. The summed E-state index contributed by atoms with van der Waals surface area (Å²) in [5, 5.41) is 3.26. The number of methoxy groups -OCH3 is 2. The molecule has 0 aromatic heterocycles. The number of hydrogen-bond donors (Lipinski definition) is 1. The maximum atomic E-state index is 12.9. The Bertz CT molecular complexity index is 684. The minimum absolute atomic E-state index is 0. The monoisotopic (exact) mass is 435 g/mol. The fraction of sp³-hybridized carbons (Fsp3) is 0.611.